The number of unbranched alkanes of at least 4 members (excludes halogenated alkanes) is 9. The van der Waals surface area contributed by atoms with Gasteiger partial charge in [0.05, 0.1) is 6.61 Å². The van der Waals surface area contributed by atoms with Crippen LogP contribution >= 0.6 is 22.6 Å². The van der Waals surface area contributed by atoms with Crippen LogP contribution in [0.4, 0.5) is 0 Å². The van der Waals surface area contributed by atoms with Gasteiger partial charge in [0.25, 0.3) is 0 Å². The molecule has 0 saturated heterocycles. The molecule has 3 heteroatoms. The van der Waals surface area contributed by atoms with Gasteiger partial charge >= 0.3 is 5.97 Å². The standard InChI is InChI=1S/C16H31IO2/c1-3-5-6-7-8-9-10-11-12-13-14-15(17)16(18)19-4-2/h15H,3-14H2,1-2H3. The average molecular weight is 382 g/mol. The van der Waals surface area contributed by atoms with E-state index in [1.54, 1.807) is 0 Å². The normalized spacial score (nSPS) is 12.4. The Balaban J connectivity index is 3.20. The number of carbonyl (C=O) groups excluding carboxylic acids is 1. The fraction of sp³-hybridized carbons (Fsp3) is 0.938. The van der Waals surface area contributed by atoms with Crippen molar-refractivity contribution >= 4 is 28.6 Å². The minimum absolute atomic E-state index is 0.0426. The molecule has 0 saturated carbocycles. The van der Waals surface area contributed by atoms with Gasteiger partial charge in [-0.2, -0.15) is 0 Å². The van der Waals surface area contributed by atoms with Gasteiger partial charge in [0.1, 0.15) is 3.92 Å². The molecule has 0 rings (SSSR count). The van der Waals surface area contributed by atoms with E-state index in [2.05, 4.69) is 29.5 Å². The molecule has 2 nitrogen and oxygen atoms in total. The maximum atomic E-state index is 11.4. The van der Waals surface area contributed by atoms with Crippen LogP contribution in [0.5, 0.6) is 0 Å². The van der Waals surface area contributed by atoms with E-state index in [1.165, 1.54) is 57.8 Å². The molecule has 0 bridgehead atoms. The van der Waals surface area contributed by atoms with E-state index in [9.17, 15) is 4.79 Å². The molecule has 0 N–H and O–H groups in total. The van der Waals surface area contributed by atoms with Crippen molar-refractivity contribution < 1.29 is 9.53 Å². The molecule has 1 unspecified atom stereocenters. The summed E-state index contributed by atoms with van der Waals surface area (Å²) in [6.45, 7) is 4.62. The second-order valence-corrected chi connectivity index (χ2v) is 6.69. The van der Waals surface area contributed by atoms with Crippen molar-refractivity contribution in [3.63, 3.8) is 0 Å². The highest BCUT2D eigenvalue weighted by atomic mass is 127. The van der Waals surface area contributed by atoms with Crippen LogP contribution in [0.15, 0.2) is 0 Å². The number of ether oxygens (including phenoxy) is 1. The van der Waals surface area contributed by atoms with Gasteiger partial charge < -0.3 is 4.74 Å². The van der Waals surface area contributed by atoms with Crippen LogP contribution in [-0.2, 0) is 9.53 Å². The van der Waals surface area contributed by atoms with Crippen LogP contribution in [0.3, 0.4) is 0 Å². The molecular formula is C16H31IO2. The van der Waals surface area contributed by atoms with Gasteiger partial charge in [0.2, 0.25) is 0 Å². The Labute approximate surface area is 133 Å². The van der Waals surface area contributed by atoms with Crippen LogP contribution in [0.25, 0.3) is 0 Å². The Kier molecular flexibility index (Phi) is 14.8. The molecule has 0 aliphatic rings. The number of alkyl halides is 1. The van der Waals surface area contributed by atoms with Crippen molar-refractivity contribution in [2.45, 2.75) is 88.4 Å². The van der Waals surface area contributed by atoms with Crippen molar-refractivity contribution in [1.29, 1.82) is 0 Å². The number of hydrogen-bond donors (Lipinski definition) is 0. The van der Waals surface area contributed by atoms with Crippen LogP contribution in [0.1, 0.15) is 84.5 Å². The average Bonchev–Trinajstić information content (AvgIpc) is 2.41. The molecule has 1 atom stereocenters. The van der Waals surface area contributed by atoms with Crippen molar-refractivity contribution in [3.05, 3.63) is 0 Å². The number of halogens is 1. The largest absolute Gasteiger partial charge is 0.465 e. The number of rotatable bonds is 13. The number of carbonyl (C=O) groups is 1. The predicted octanol–water partition coefficient (Wildman–Crippen LogP) is 5.66. The fourth-order valence-corrected chi connectivity index (χ4v) is 2.78. The molecule has 19 heavy (non-hydrogen) atoms. The van der Waals surface area contributed by atoms with Crippen LogP contribution in [0, 0.1) is 0 Å². The van der Waals surface area contributed by atoms with Gasteiger partial charge in [0, 0.05) is 0 Å². The topological polar surface area (TPSA) is 26.3 Å². The molecule has 0 aliphatic carbocycles. The fourth-order valence-electron chi connectivity index (χ4n) is 2.16. The molecule has 0 aromatic heterocycles. The monoisotopic (exact) mass is 382 g/mol. The SMILES string of the molecule is CCCCCCCCCCCCC(I)C(=O)OCC. The summed E-state index contributed by atoms with van der Waals surface area (Å²) in [4.78, 5) is 11.4. The third kappa shape index (κ3) is 13.0. The van der Waals surface area contributed by atoms with Crippen LogP contribution < -0.4 is 0 Å². The zero-order valence-electron chi connectivity index (χ0n) is 12.8. The minimum atomic E-state index is -0.0426. The zero-order valence-corrected chi connectivity index (χ0v) is 14.9. The Morgan fingerprint density at radius 3 is 1.84 bits per heavy atom. The number of esters is 1. The van der Waals surface area contributed by atoms with Crippen molar-refractivity contribution in [2.24, 2.45) is 0 Å². The van der Waals surface area contributed by atoms with Gasteiger partial charge in [-0.3, -0.25) is 4.79 Å². The Morgan fingerprint density at radius 2 is 1.37 bits per heavy atom. The van der Waals surface area contributed by atoms with E-state index in [4.69, 9.17) is 4.74 Å². The van der Waals surface area contributed by atoms with E-state index < -0.39 is 0 Å². The minimum Gasteiger partial charge on any atom is -0.465 e. The first-order valence-electron chi connectivity index (χ1n) is 8.03. The number of hydrogen-bond acceptors (Lipinski definition) is 2. The Bertz CT molecular complexity index is 207. The third-order valence-electron chi connectivity index (χ3n) is 3.35. The molecular weight excluding hydrogens is 351 g/mol. The Morgan fingerprint density at radius 1 is 0.895 bits per heavy atom. The van der Waals surface area contributed by atoms with Gasteiger partial charge in [-0.05, 0) is 13.3 Å². The van der Waals surface area contributed by atoms with Crippen molar-refractivity contribution in [2.75, 3.05) is 6.61 Å². The lowest BCUT2D eigenvalue weighted by molar-refractivity contribution is -0.142. The Hall–Kier alpha value is 0.200. The summed E-state index contributed by atoms with van der Waals surface area (Å²) in [5.74, 6) is -0.0426. The molecule has 0 spiro atoms. The summed E-state index contributed by atoms with van der Waals surface area (Å²) < 4.78 is 5.05. The van der Waals surface area contributed by atoms with Crippen LogP contribution in [-0.4, -0.2) is 16.5 Å². The van der Waals surface area contributed by atoms with Gasteiger partial charge in [-0.1, -0.05) is 93.7 Å². The highest BCUT2D eigenvalue weighted by Crippen LogP contribution is 2.15. The maximum absolute atomic E-state index is 11.4. The first kappa shape index (κ1) is 19.2. The molecule has 0 aromatic rings. The second kappa shape index (κ2) is 14.6. The highest BCUT2D eigenvalue weighted by molar-refractivity contribution is 14.1. The van der Waals surface area contributed by atoms with E-state index >= 15 is 0 Å². The lowest BCUT2D eigenvalue weighted by atomic mass is 10.1. The van der Waals surface area contributed by atoms with E-state index in [0.717, 1.165) is 12.8 Å². The van der Waals surface area contributed by atoms with Crippen LogP contribution in [0.2, 0.25) is 0 Å². The first-order valence-corrected chi connectivity index (χ1v) is 9.27. The van der Waals surface area contributed by atoms with E-state index in [0.29, 0.717) is 6.61 Å². The molecule has 0 heterocycles. The molecule has 0 amide bonds. The summed E-state index contributed by atoms with van der Waals surface area (Å²) in [5, 5.41) is 0. The second-order valence-electron chi connectivity index (χ2n) is 5.19. The summed E-state index contributed by atoms with van der Waals surface area (Å²) in [7, 11) is 0. The quantitative estimate of drug-likeness (QED) is 0.178. The molecule has 0 aliphatic heterocycles. The smallest absolute Gasteiger partial charge is 0.318 e. The third-order valence-corrected chi connectivity index (χ3v) is 4.48. The van der Waals surface area contributed by atoms with Crippen molar-refractivity contribution in [1.82, 2.24) is 0 Å². The van der Waals surface area contributed by atoms with Gasteiger partial charge in [-0.25, -0.2) is 0 Å². The first-order chi connectivity index (χ1) is 9.22. The highest BCUT2D eigenvalue weighted by Gasteiger charge is 2.14. The summed E-state index contributed by atoms with van der Waals surface area (Å²) in [6.07, 6.45) is 14.4. The lowest BCUT2D eigenvalue weighted by Crippen LogP contribution is -2.16. The molecule has 114 valence electrons. The van der Waals surface area contributed by atoms with Gasteiger partial charge in [0.15, 0.2) is 0 Å². The summed E-state index contributed by atoms with van der Waals surface area (Å²) in [6, 6.07) is 0. The van der Waals surface area contributed by atoms with E-state index in [1.807, 2.05) is 6.92 Å². The lowest BCUT2D eigenvalue weighted by Gasteiger charge is -2.08. The van der Waals surface area contributed by atoms with Crippen molar-refractivity contribution in [3.8, 4) is 0 Å². The summed E-state index contributed by atoms with van der Waals surface area (Å²) >= 11 is 2.20. The predicted molar refractivity (Wildman–Crippen MR) is 90.9 cm³/mol. The zero-order chi connectivity index (χ0) is 14.3. The summed E-state index contributed by atoms with van der Waals surface area (Å²) in [5.41, 5.74) is 0. The molecule has 0 radical (unpaired) electrons. The maximum Gasteiger partial charge on any atom is 0.318 e. The molecule has 0 aromatic carbocycles. The molecule has 0 fully saturated rings. The van der Waals surface area contributed by atoms with Gasteiger partial charge in [-0.15, -0.1) is 0 Å². The van der Waals surface area contributed by atoms with E-state index in [-0.39, 0.29) is 9.89 Å².